The number of likely N-dealkylation sites (N-methyl/N-ethyl adjacent to an activating group) is 1. The summed E-state index contributed by atoms with van der Waals surface area (Å²) >= 11 is 0. The zero-order valence-corrected chi connectivity index (χ0v) is 9.20. The zero-order valence-electron chi connectivity index (χ0n) is 9.20. The van der Waals surface area contributed by atoms with Crippen molar-refractivity contribution in [1.29, 1.82) is 0 Å². The van der Waals surface area contributed by atoms with Crippen molar-refractivity contribution in [3.05, 3.63) is 34.1 Å². The SMILES string of the molecule is CCNC(=O)CNc1ccc(F)c([N+](=O)[O-])c1. The van der Waals surface area contributed by atoms with Crippen LogP contribution < -0.4 is 10.6 Å². The van der Waals surface area contributed by atoms with Gasteiger partial charge in [-0.2, -0.15) is 4.39 Å². The summed E-state index contributed by atoms with van der Waals surface area (Å²) in [5, 5.41) is 15.7. The Bertz CT molecular complexity index is 437. The Balaban J connectivity index is 2.69. The number of halogens is 1. The van der Waals surface area contributed by atoms with E-state index < -0.39 is 16.4 Å². The lowest BCUT2D eigenvalue weighted by atomic mass is 10.2. The third-order valence-electron chi connectivity index (χ3n) is 1.97. The summed E-state index contributed by atoms with van der Waals surface area (Å²) in [6.07, 6.45) is 0. The number of hydrogen-bond acceptors (Lipinski definition) is 4. The number of rotatable bonds is 5. The Morgan fingerprint density at radius 2 is 2.24 bits per heavy atom. The summed E-state index contributed by atoms with van der Waals surface area (Å²) in [4.78, 5) is 20.8. The smallest absolute Gasteiger partial charge is 0.306 e. The minimum Gasteiger partial charge on any atom is -0.376 e. The van der Waals surface area contributed by atoms with Gasteiger partial charge in [0.2, 0.25) is 11.7 Å². The molecule has 0 radical (unpaired) electrons. The van der Waals surface area contributed by atoms with Crippen molar-refractivity contribution in [2.75, 3.05) is 18.4 Å². The zero-order chi connectivity index (χ0) is 12.8. The van der Waals surface area contributed by atoms with Crippen LogP contribution in [0.4, 0.5) is 15.8 Å². The Labute approximate surface area is 97.0 Å². The van der Waals surface area contributed by atoms with Crippen LogP contribution in [-0.4, -0.2) is 23.9 Å². The van der Waals surface area contributed by atoms with E-state index in [0.717, 1.165) is 12.1 Å². The summed E-state index contributed by atoms with van der Waals surface area (Å²) in [5.74, 6) is -1.14. The molecule has 7 heteroatoms. The van der Waals surface area contributed by atoms with Gasteiger partial charge in [-0.15, -0.1) is 0 Å². The Morgan fingerprint density at radius 1 is 1.53 bits per heavy atom. The van der Waals surface area contributed by atoms with Crippen molar-refractivity contribution in [2.45, 2.75) is 6.92 Å². The predicted molar refractivity (Wildman–Crippen MR) is 60.2 cm³/mol. The quantitative estimate of drug-likeness (QED) is 0.600. The van der Waals surface area contributed by atoms with Crippen molar-refractivity contribution in [1.82, 2.24) is 5.32 Å². The van der Waals surface area contributed by atoms with E-state index >= 15 is 0 Å². The highest BCUT2D eigenvalue weighted by Gasteiger charge is 2.14. The molecule has 0 saturated heterocycles. The van der Waals surface area contributed by atoms with Crippen molar-refractivity contribution < 1.29 is 14.1 Å². The topological polar surface area (TPSA) is 84.3 Å². The summed E-state index contributed by atoms with van der Waals surface area (Å²) in [6.45, 7) is 2.27. The first kappa shape index (κ1) is 12.9. The minimum absolute atomic E-state index is 0.0172. The third-order valence-corrected chi connectivity index (χ3v) is 1.97. The van der Waals surface area contributed by atoms with Gasteiger partial charge in [0, 0.05) is 18.3 Å². The lowest BCUT2D eigenvalue weighted by Crippen LogP contribution is -2.29. The summed E-state index contributed by atoms with van der Waals surface area (Å²) in [7, 11) is 0. The second-order valence-electron chi connectivity index (χ2n) is 3.23. The fraction of sp³-hybridized carbons (Fsp3) is 0.300. The van der Waals surface area contributed by atoms with E-state index in [0.29, 0.717) is 12.2 Å². The number of nitrogens with zero attached hydrogens (tertiary/aromatic N) is 1. The van der Waals surface area contributed by atoms with Crippen LogP contribution in [0.25, 0.3) is 0 Å². The van der Waals surface area contributed by atoms with Crippen molar-refractivity contribution in [3.8, 4) is 0 Å². The van der Waals surface area contributed by atoms with Gasteiger partial charge in [-0.25, -0.2) is 0 Å². The lowest BCUT2D eigenvalue weighted by Gasteiger charge is -2.06. The van der Waals surface area contributed by atoms with Crippen LogP contribution in [0.15, 0.2) is 18.2 Å². The Hall–Kier alpha value is -2.18. The van der Waals surface area contributed by atoms with Crippen LogP contribution in [0.1, 0.15) is 6.92 Å². The van der Waals surface area contributed by atoms with E-state index in [4.69, 9.17) is 0 Å². The van der Waals surface area contributed by atoms with Gasteiger partial charge >= 0.3 is 5.69 Å². The third kappa shape index (κ3) is 3.71. The molecule has 0 aromatic heterocycles. The van der Waals surface area contributed by atoms with E-state index in [1.165, 1.54) is 6.07 Å². The highest BCUT2D eigenvalue weighted by molar-refractivity contribution is 5.80. The number of benzene rings is 1. The number of hydrogen-bond donors (Lipinski definition) is 2. The van der Waals surface area contributed by atoms with E-state index in [1.54, 1.807) is 6.92 Å². The van der Waals surface area contributed by atoms with E-state index in [2.05, 4.69) is 10.6 Å². The molecule has 0 saturated carbocycles. The van der Waals surface area contributed by atoms with Crippen LogP contribution in [0.2, 0.25) is 0 Å². The van der Waals surface area contributed by atoms with Gasteiger partial charge in [0.05, 0.1) is 11.5 Å². The second kappa shape index (κ2) is 5.78. The average Bonchev–Trinajstić information content (AvgIpc) is 2.28. The Morgan fingerprint density at radius 3 is 2.82 bits per heavy atom. The van der Waals surface area contributed by atoms with Gasteiger partial charge in [-0.3, -0.25) is 14.9 Å². The fourth-order valence-corrected chi connectivity index (χ4v) is 1.20. The van der Waals surface area contributed by atoms with Crippen LogP contribution in [0.5, 0.6) is 0 Å². The Kier molecular flexibility index (Phi) is 4.38. The molecule has 0 spiro atoms. The molecular weight excluding hydrogens is 229 g/mol. The molecular formula is C10H12FN3O3. The largest absolute Gasteiger partial charge is 0.376 e. The molecule has 1 rings (SSSR count). The van der Waals surface area contributed by atoms with Gasteiger partial charge in [0.15, 0.2) is 0 Å². The van der Waals surface area contributed by atoms with Crippen LogP contribution in [0.3, 0.4) is 0 Å². The monoisotopic (exact) mass is 241 g/mol. The fourth-order valence-electron chi connectivity index (χ4n) is 1.20. The number of nitro benzene ring substituents is 1. The second-order valence-corrected chi connectivity index (χ2v) is 3.23. The first-order valence-corrected chi connectivity index (χ1v) is 4.99. The predicted octanol–water partition coefficient (Wildman–Crippen LogP) is 1.28. The molecule has 0 atom stereocenters. The minimum atomic E-state index is -0.904. The first-order valence-electron chi connectivity index (χ1n) is 4.99. The molecule has 0 heterocycles. The number of nitro groups is 1. The molecule has 1 aromatic carbocycles. The van der Waals surface area contributed by atoms with Gasteiger partial charge in [0.25, 0.3) is 0 Å². The molecule has 6 nitrogen and oxygen atoms in total. The van der Waals surface area contributed by atoms with Crippen LogP contribution in [-0.2, 0) is 4.79 Å². The molecule has 0 aliphatic rings. The summed E-state index contributed by atoms with van der Waals surface area (Å²) < 4.78 is 13.0. The normalized spacial score (nSPS) is 9.76. The molecule has 2 N–H and O–H groups in total. The first-order chi connectivity index (χ1) is 8.04. The number of carbonyl (C=O) groups excluding carboxylic acids is 1. The highest BCUT2D eigenvalue weighted by atomic mass is 19.1. The van der Waals surface area contributed by atoms with Crippen molar-refractivity contribution in [3.63, 3.8) is 0 Å². The standard InChI is InChI=1S/C10H12FN3O3/c1-2-12-10(15)6-13-7-3-4-8(11)9(5-7)14(16)17/h3-5,13H,2,6H2,1H3,(H,12,15). The van der Waals surface area contributed by atoms with Crippen LogP contribution >= 0.6 is 0 Å². The van der Waals surface area contributed by atoms with Gasteiger partial charge in [-0.05, 0) is 19.1 Å². The number of amides is 1. The maximum Gasteiger partial charge on any atom is 0.306 e. The van der Waals surface area contributed by atoms with Crippen LogP contribution in [0, 0.1) is 15.9 Å². The van der Waals surface area contributed by atoms with E-state index in [-0.39, 0.29) is 12.5 Å². The van der Waals surface area contributed by atoms with Gasteiger partial charge < -0.3 is 10.6 Å². The highest BCUT2D eigenvalue weighted by Crippen LogP contribution is 2.21. The summed E-state index contributed by atoms with van der Waals surface area (Å²) in [6, 6.07) is 3.37. The number of carbonyl (C=O) groups is 1. The number of nitrogens with one attached hydrogen (secondary N) is 2. The molecule has 92 valence electrons. The molecule has 0 aliphatic heterocycles. The maximum absolute atomic E-state index is 13.0. The molecule has 1 amide bonds. The molecule has 0 aliphatic carbocycles. The van der Waals surface area contributed by atoms with Gasteiger partial charge in [0.1, 0.15) is 0 Å². The molecule has 0 fully saturated rings. The molecule has 17 heavy (non-hydrogen) atoms. The maximum atomic E-state index is 13.0. The number of anilines is 1. The molecule has 1 aromatic rings. The lowest BCUT2D eigenvalue weighted by molar-refractivity contribution is -0.387. The molecule has 0 unspecified atom stereocenters. The summed E-state index contributed by atoms with van der Waals surface area (Å²) in [5.41, 5.74) is -0.296. The average molecular weight is 241 g/mol. The van der Waals surface area contributed by atoms with E-state index in [1.807, 2.05) is 0 Å². The van der Waals surface area contributed by atoms with Crippen molar-refractivity contribution >= 4 is 17.3 Å². The van der Waals surface area contributed by atoms with Gasteiger partial charge in [-0.1, -0.05) is 0 Å². The molecule has 0 bridgehead atoms. The van der Waals surface area contributed by atoms with E-state index in [9.17, 15) is 19.3 Å². The van der Waals surface area contributed by atoms with Crippen molar-refractivity contribution in [2.24, 2.45) is 0 Å².